The van der Waals surface area contributed by atoms with E-state index in [1.54, 1.807) is 6.07 Å². The lowest BCUT2D eigenvalue weighted by atomic mass is 9.74. The molecule has 1 aromatic carbocycles. The average molecular weight is 250 g/mol. The van der Waals surface area contributed by atoms with Gasteiger partial charge in [-0.25, -0.2) is 0 Å². The van der Waals surface area contributed by atoms with E-state index in [0.717, 1.165) is 24.8 Å². The van der Waals surface area contributed by atoms with Crippen LogP contribution in [-0.2, 0) is 5.41 Å². The molecule has 0 amide bonds. The van der Waals surface area contributed by atoms with Gasteiger partial charge in [0.05, 0.1) is 0 Å². The minimum atomic E-state index is 0.0156. The summed E-state index contributed by atoms with van der Waals surface area (Å²) in [6, 6.07) is 4.98. The molecule has 1 unspecified atom stereocenters. The highest BCUT2D eigenvalue weighted by molar-refractivity contribution is 5.43. The van der Waals surface area contributed by atoms with Crippen LogP contribution in [0.15, 0.2) is 18.2 Å². The molecule has 18 heavy (non-hydrogen) atoms. The zero-order valence-corrected chi connectivity index (χ0v) is 11.9. The van der Waals surface area contributed by atoms with E-state index in [0.29, 0.717) is 0 Å². The van der Waals surface area contributed by atoms with E-state index >= 15 is 0 Å². The fourth-order valence-electron chi connectivity index (χ4n) is 2.74. The van der Waals surface area contributed by atoms with Gasteiger partial charge in [-0.2, -0.15) is 0 Å². The Balaban J connectivity index is 2.94. The molecule has 0 aromatic heterocycles. The highest BCUT2D eigenvalue weighted by Gasteiger charge is 2.28. The van der Waals surface area contributed by atoms with Gasteiger partial charge in [0.25, 0.3) is 0 Å². The first-order valence-electron chi connectivity index (χ1n) is 7.06. The zero-order valence-electron chi connectivity index (χ0n) is 11.9. The molecule has 0 radical (unpaired) electrons. The van der Waals surface area contributed by atoms with Crippen molar-refractivity contribution >= 4 is 0 Å². The molecule has 0 aliphatic carbocycles. The van der Waals surface area contributed by atoms with Crippen LogP contribution in [0.25, 0.3) is 0 Å². The second kappa shape index (κ2) is 6.67. The molecule has 0 aliphatic heterocycles. The average Bonchev–Trinajstić information content (AvgIpc) is 2.29. The number of rotatable bonds is 7. The summed E-state index contributed by atoms with van der Waals surface area (Å²) in [5.41, 5.74) is 0.986. The van der Waals surface area contributed by atoms with Crippen LogP contribution in [0.3, 0.4) is 0 Å². The SMILES string of the molecule is CCCCCC(C)(CCC)c1ccc(O)cc1O. The third-order valence-corrected chi connectivity index (χ3v) is 3.77. The summed E-state index contributed by atoms with van der Waals surface area (Å²) < 4.78 is 0. The van der Waals surface area contributed by atoms with Crippen LogP contribution in [0.2, 0.25) is 0 Å². The second-order valence-electron chi connectivity index (χ2n) is 5.47. The fraction of sp³-hybridized carbons (Fsp3) is 0.625. The first-order valence-corrected chi connectivity index (χ1v) is 7.06. The fourth-order valence-corrected chi connectivity index (χ4v) is 2.74. The maximum Gasteiger partial charge on any atom is 0.123 e. The summed E-state index contributed by atoms with van der Waals surface area (Å²) in [7, 11) is 0. The molecule has 0 aliphatic rings. The van der Waals surface area contributed by atoms with Gasteiger partial charge in [0.2, 0.25) is 0 Å². The summed E-state index contributed by atoms with van der Waals surface area (Å²) in [5.74, 6) is 0.353. The van der Waals surface area contributed by atoms with E-state index in [9.17, 15) is 10.2 Å². The maximum atomic E-state index is 10.1. The summed E-state index contributed by atoms with van der Waals surface area (Å²) in [5, 5.41) is 19.4. The van der Waals surface area contributed by atoms with Gasteiger partial charge in [-0.1, -0.05) is 52.5 Å². The van der Waals surface area contributed by atoms with Gasteiger partial charge in [0.15, 0.2) is 0 Å². The van der Waals surface area contributed by atoms with Crippen LogP contribution in [0.1, 0.15) is 64.9 Å². The predicted molar refractivity (Wildman–Crippen MR) is 76.2 cm³/mol. The van der Waals surface area contributed by atoms with Crippen LogP contribution in [0.5, 0.6) is 11.5 Å². The standard InChI is InChI=1S/C16H26O2/c1-4-6-7-11-16(3,10-5-2)14-9-8-13(17)12-15(14)18/h8-9,12,17-18H,4-7,10-11H2,1-3H3. The zero-order chi connectivity index (χ0) is 13.6. The number of phenols is 2. The number of aromatic hydroxyl groups is 2. The number of benzene rings is 1. The van der Waals surface area contributed by atoms with Crippen molar-refractivity contribution in [2.45, 2.75) is 64.7 Å². The van der Waals surface area contributed by atoms with Gasteiger partial charge in [0, 0.05) is 11.6 Å². The first kappa shape index (κ1) is 14.9. The number of hydrogen-bond acceptors (Lipinski definition) is 2. The first-order chi connectivity index (χ1) is 8.53. The maximum absolute atomic E-state index is 10.1. The van der Waals surface area contributed by atoms with Crippen molar-refractivity contribution in [2.75, 3.05) is 0 Å². The van der Waals surface area contributed by atoms with E-state index in [4.69, 9.17) is 0 Å². The van der Waals surface area contributed by atoms with Crippen LogP contribution in [0.4, 0.5) is 0 Å². The lowest BCUT2D eigenvalue weighted by Gasteiger charge is -2.31. The third kappa shape index (κ3) is 3.66. The molecule has 2 heteroatoms. The van der Waals surface area contributed by atoms with Gasteiger partial charge >= 0.3 is 0 Å². The molecule has 0 spiro atoms. The van der Waals surface area contributed by atoms with Crippen LogP contribution >= 0.6 is 0 Å². The van der Waals surface area contributed by atoms with Crippen molar-refractivity contribution in [1.29, 1.82) is 0 Å². The number of unbranched alkanes of at least 4 members (excludes halogenated alkanes) is 2. The number of hydrogen-bond donors (Lipinski definition) is 2. The van der Waals surface area contributed by atoms with Gasteiger partial charge in [-0.15, -0.1) is 0 Å². The Bertz CT molecular complexity index is 373. The molecule has 102 valence electrons. The molecule has 1 atom stereocenters. The van der Waals surface area contributed by atoms with Crippen molar-refractivity contribution in [2.24, 2.45) is 0 Å². The minimum Gasteiger partial charge on any atom is -0.508 e. The molecular formula is C16H26O2. The van der Waals surface area contributed by atoms with Crippen LogP contribution in [-0.4, -0.2) is 10.2 Å². The molecule has 0 saturated heterocycles. The highest BCUT2D eigenvalue weighted by Crippen LogP contribution is 2.40. The van der Waals surface area contributed by atoms with Crippen molar-refractivity contribution in [3.8, 4) is 11.5 Å². The molecule has 0 fully saturated rings. The van der Waals surface area contributed by atoms with E-state index in [2.05, 4.69) is 20.8 Å². The molecule has 1 aromatic rings. The largest absolute Gasteiger partial charge is 0.508 e. The molecule has 0 saturated carbocycles. The summed E-state index contributed by atoms with van der Waals surface area (Å²) >= 11 is 0. The Kier molecular flexibility index (Phi) is 5.52. The smallest absolute Gasteiger partial charge is 0.123 e. The van der Waals surface area contributed by atoms with E-state index < -0.39 is 0 Å². The summed E-state index contributed by atoms with van der Waals surface area (Å²) in [4.78, 5) is 0. The lowest BCUT2D eigenvalue weighted by molar-refractivity contribution is 0.356. The van der Waals surface area contributed by atoms with Crippen molar-refractivity contribution in [1.82, 2.24) is 0 Å². The molecule has 0 heterocycles. The molecule has 2 nitrogen and oxygen atoms in total. The van der Waals surface area contributed by atoms with Crippen molar-refractivity contribution in [3.63, 3.8) is 0 Å². The second-order valence-corrected chi connectivity index (χ2v) is 5.47. The normalized spacial score (nSPS) is 14.4. The summed E-state index contributed by atoms with van der Waals surface area (Å²) in [6.45, 7) is 6.60. The van der Waals surface area contributed by atoms with Gasteiger partial charge in [-0.3, -0.25) is 0 Å². The molecule has 2 N–H and O–H groups in total. The Morgan fingerprint density at radius 1 is 1.00 bits per heavy atom. The quantitative estimate of drug-likeness (QED) is 0.686. The lowest BCUT2D eigenvalue weighted by Crippen LogP contribution is -2.22. The van der Waals surface area contributed by atoms with Crippen molar-refractivity contribution in [3.05, 3.63) is 23.8 Å². The van der Waals surface area contributed by atoms with E-state index in [-0.39, 0.29) is 16.9 Å². The van der Waals surface area contributed by atoms with Gasteiger partial charge in [-0.05, 0) is 24.3 Å². The highest BCUT2D eigenvalue weighted by atomic mass is 16.3. The third-order valence-electron chi connectivity index (χ3n) is 3.77. The van der Waals surface area contributed by atoms with Gasteiger partial charge < -0.3 is 10.2 Å². The van der Waals surface area contributed by atoms with Crippen LogP contribution < -0.4 is 0 Å². The van der Waals surface area contributed by atoms with Crippen molar-refractivity contribution < 1.29 is 10.2 Å². The van der Waals surface area contributed by atoms with E-state index in [1.165, 1.54) is 25.3 Å². The molecular weight excluding hydrogens is 224 g/mol. The Morgan fingerprint density at radius 3 is 2.28 bits per heavy atom. The minimum absolute atomic E-state index is 0.0156. The Hall–Kier alpha value is -1.18. The number of phenolic OH excluding ortho intramolecular Hbond substituents is 2. The molecule has 1 rings (SSSR count). The monoisotopic (exact) mass is 250 g/mol. The van der Waals surface area contributed by atoms with Gasteiger partial charge in [0.1, 0.15) is 11.5 Å². The molecule has 0 bridgehead atoms. The Labute approximate surface area is 111 Å². The van der Waals surface area contributed by atoms with E-state index in [1.807, 2.05) is 6.07 Å². The Morgan fingerprint density at radius 2 is 1.72 bits per heavy atom. The topological polar surface area (TPSA) is 40.5 Å². The predicted octanol–water partition coefficient (Wildman–Crippen LogP) is 4.74. The summed E-state index contributed by atoms with van der Waals surface area (Å²) in [6.07, 6.45) is 6.89. The van der Waals surface area contributed by atoms with Crippen LogP contribution in [0, 0.1) is 0 Å².